The molecule has 1 aliphatic rings. The van der Waals surface area contributed by atoms with Crippen molar-refractivity contribution in [1.82, 2.24) is 0 Å². The first kappa shape index (κ1) is 28.4. The number of rotatable bonds is 7. The van der Waals surface area contributed by atoms with Crippen LogP contribution in [-0.4, -0.2) is 30.3 Å². The number of fused-ring (bicyclic) bond motifs is 2. The van der Waals surface area contributed by atoms with E-state index in [9.17, 15) is 14.4 Å². The SMILES string of the molecule is CC(C)(OC(=O)c1ccccc1)C1Cc2cc3ccc(=O)oc3cc2O1.CCCCOC(=O)c1ccc(N)cc1. The smallest absolute Gasteiger partial charge is 0.338 e. The summed E-state index contributed by atoms with van der Waals surface area (Å²) < 4.78 is 22.0. The molecule has 8 nitrogen and oxygen atoms in total. The van der Waals surface area contributed by atoms with Gasteiger partial charge in [0.2, 0.25) is 0 Å². The Kier molecular flexibility index (Phi) is 8.89. The quantitative estimate of drug-likeness (QED) is 0.131. The van der Waals surface area contributed by atoms with Crippen LogP contribution in [0.1, 0.15) is 59.9 Å². The fourth-order valence-electron chi connectivity index (χ4n) is 4.15. The number of anilines is 1. The Hall–Kier alpha value is -4.59. The third kappa shape index (κ3) is 7.08. The highest BCUT2D eigenvalue weighted by molar-refractivity contribution is 5.90. The van der Waals surface area contributed by atoms with Crippen LogP contribution in [0.3, 0.4) is 0 Å². The second-order valence-corrected chi connectivity index (χ2v) is 10.0. The molecule has 8 heteroatoms. The van der Waals surface area contributed by atoms with Gasteiger partial charge in [-0.25, -0.2) is 14.4 Å². The second-order valence-electron chi connectivity index (χ2n) is 10.0. The van der Waals surface area contributed by atoms with Gasteiger partial charge in [0, 0.05) is 29.6 Å². The summed E-state index contributed by atoms with van der Waals surface area (Å²) in [7, 11) is 0. The van der Waals surface area contributed by atoms with Gasteiger partial charge in [-0.2, -0.15) is 0 Å². The Morgan fingerprint density at radius 2 is 1.65 bits per heavy atom. The van der Waals surface area contributed by atoms with Gasteiger partial charge in [-0.05, 0) is 74.4 Å². The Bertz CT molecular complexity index is 1520. The van der Waals surface area contributed by atoms with E-state index in [0.29, 0.717) is 41.2 Å². The van der Waals surface area contributed by atoms with E-state index in [1.54, 1.807) is 60.7 Å². The van der Waals surface area contributed by atoms with E-state index < -0.39 is 11.2 Å². The van der Waals surface area contributed by atoms with Crippen LogP contribution >= 0.6 is 0 Å². The van der Waals surface area contributed by atoms with Gasteiger partial charge in [-0.1, -0.05) is 31.5 Å². The molecule has 0 bridgehead atoms. The lowest BCUT2D eigenvalue weighted by molar-refractivity contribution is -0.0517. The number of carbonyl (C=O) groups excluding carboxylic acids is 2. The zero-order valence-electron chi connectivity index (χ0n) is 22.8. The molecule has 1 atom stereocenters. The number of hydrogen-bond donors (Lipinski definition) is 1. The van der Waals surface area contributed by atoms with Crippen LogP contribution in [0, 0.1) is 0 Å². The van der Waals surface area contributed by atoms with Gasteiger partial charge in [0.15, 0.2) is 0 Å². The molecule has 1 aliphatic heterocycles. The molecule has 2 N–H and O–H groups in total. The largest absolute Gasteiger partial charge is 0.485 e. The van der Waals surface area contributed by atoms with E-state index in [-0.39, 0.29) is 18.0 Å². The summed E-state index contributed by atoms with van der Waals surface area (Å²) in [5, 5.41) is 0.840. The standard InChI is InChI=1S/C21H18O5.C11H15NO2/c1-21(2,26-20(23)13-6-4-3-5-7-13)18-11-15-10-14-8-9-19(22)25-16(14)12-17(15)24-18;1-2-3-8-14-11(13)9-4-6-10(12)7-5-9/h3-10,12,18H,11H2,1-2H3;4-7H,2-3,8,12H2,1H3. The van der Waals surface area contributed by atoms with Crippen molar-refractivity contribution in [2.24, 2.45) is 0 Å². The maximum Gasteiger partial charge on any atom is 0.338 e. The highest BCUT2D eigenvalue weighted by Gasteiger charge is 2.40. The molecule has 208 valence electrons. The Labute approximate surface area is 232 Å². The highest BCUT2D eigenvalue weighted by Crippen LogP contribution is 2.37. The predicted octanol–water partition coefficient (Wildman–Crippen LogP) is 5.96. The molecular weight excluding hydrogens is 510 g/mol. The number of benzene rings is 3. The van der Waals surface area contributed by atoms with Crippen molar-refractivity contribution in [3.05, 3.63) is 106 Å². The number of nitrogen functional groups attached to an aromatic ring is 1. The van der Waals surface area contributed by atoms with Crippen molar-refractivity contribution in [1.29, 1.82) is 0 Å². The Morgan fingerprint density at radius 1 is 0.950 bits per heavy atom. The maximum absolute atomic E-state index is 12.4. The van der Waals surface area contributed by atoms with Gasteiger partial charge in [0.05, 0.1) is 17.7 Å². The summed E-state index contributed by atoms with van der Waals surface area (Å²) in [6, 6.07) is 22.4. The van der Waals surface area contributed by atoms with Crippen molar-refractivity contribution in [2.75, 3.05) is 12.3 Å². The minimum Gasteiger partial charge on any atom is -0.485 e. The highest BCUT2D eigenvalue weighted by atomic mass is 16.6. The first-order valence-corrected chi connectivity index (χ1v) is 13.2. The molecule has 1 aromatic heterocycles. The van der Waals surface area contributed by atoms with Crippen LogP contribution in [0.2, 0.25) is 0 Å². The fraction of sp³-hybridized carbons (Fsp3) is 0.281. The minimum atomic E-state index is -0.820. The van der Waals surface area contributed by atoms with Crippen molar-refractivity contribution in [3.8, 4) is 5.75 Å². The van der Waals surface area contributed by atoms with Crippen LogP contribution in [0.4, 0.5) is 5.69 Å². The van der Waals surface area contributed by atoms with Gasteiger partial charge in [-0.15, -0.1) is 0 Å². The van der Waals surface area contributed by atoms with Crippen LogP contribution < -0.4 is 16.1 Å². The molecule has 0 saturated heterocycles. The first-order valence-electron chi connectivity index (χ1n) is 13.2. The van der Waals surface area contributed by atoms with Crippen molar-refractivity contribution in [3.63, 3.8) is 0 Å². The van der Waals surface area contributed by atoms with Gasteiger partial charge >= 0.3 is 17.6 Å². The van der Waals surface area contributed by atoms with Crippen molar-refractivity contribution < 1.29 is 28.2 Å². The van der Waals surface area contributed by atoms with E-state index in [1.165, 1.54) is 6.07 Å². The van der Waals surface area contributed by atoms with Crippen LogP contribution in [0.5, 0.6) is 5.75 Å². The van der Waals surface area contributed by atoms with E-state index in [4.69, 9.17) is 24.4 Å². The molecule has 1 unspecified atom stereocenters. The summed E-state index contributed by atoms with van der Waals surface area (Å²) in [6.45, 7) is 6.21. The van der Waals surface area contributed by atoms with Crippen LogP contribution in [0.15, 0.2) is 88.1 Å². The Balaban J connectivity index is 0.000000224. The number of nitrogens with two attached hydrogens (primary N) is 1. The van der Waals surface area contributed by atoms with Gasteiger partial charge < -0.3 is 24.4 Å². The zero-order valence-corrected chi connectivity index (χ0v) is 22.8. The zero-order chi connectivity index (χ0) is 28.7. The topological polar surface area (TPSA) is 118 Å². The van der Waals surface area contributed by atoms with E-state index >= 15 is 0 Å². The first-order chi connectivity index (χ1) is 19.2. The average molecular weight is 544 g/mol. The lowest BCUT2D eigenvalue weighted by atomic mass is 9.96. The summed E-state index contributed by atoms with van der Waals surface area (Å²) >= 11 is 0. The van der Waals surface area contributed by atoms with Crippen LogP contribution in [0.25, 0.3) is 11.0 Å². The molecule has 4 aromatic rings. The average Bonchev–Trinajstić information content (AvgIpc) is 3.37. The molecule has 5 rings (SSSR count). The number of hydrogen-bond acceptors (Lipinski definition) is 8. The summed E-state index contributed by atoms with van der Waals surface area (Å²) in [5.41, 5.74) is 7.46. The molecule has 0 saturated carbocycles. The van der Waals surface area contributed by atoms with Gasteiger partial charge in [-0.3, -0.25) is 0 Å². The van der Waals surface area contributed by atoms with Crippen molar-refractivity contribution in [2.45, 2.75) is 51.7 Å². The molecule has 0 aliphatic carbocycles. The minimum absolute atomic E-state index is 0.279. The van der Waals surface area contributed by atoms with Crippen LogP contribution in [-0.2, 0) is 15.9 Å². The summed E-state index contributed by atoms with van der Waals surface area (Å²) in [5.74, 6) is -0.00884. The summed E-state index contributed by atoms with van der Waals surface area (Å²) in [6.07, 6.45) is 2.21. The molecule has 3 aromatic carbocycles. The molecule has 0 radical (unpaired) electrons. The molecule has 0 spiro atoms. The normalized spacial score (nSPS) is 13.9. The predicted molar refractivity (Wildman–Crippen MR) is 153 cm³/mol. The lowest BCUT2D eigenvalue weighted by Crippen LogP contribution is -2.43. The number of esters is 2. The monoisotopic (exact) mass is 543 g/mol. The third-order valence-electron chi connectivity index (χ3n) is 6.50. The van der Waals surface area contributed by atoms with E-state index in [1.807, 2.05) is 26.0 Å². The fourth-order valence-corrected chi connectivity index (χ4v) is 4.15. The lowest BCUT2D eigenvalue weighted by Gasteiger charge is -2.30. The molecule has 40 heavy (non-hydrogen) atoms. The Morgan fingerprint density at radius 3 is 2.35 bits per heavy atom. The summed E-state index contributed by atoms with van der Waals surface area (Å²) in [4.78, 5) is 35.2. The van der Waals surface area contributed by atoms with Crippen molar-refractivity contribution >= 4 is 28.6 Å². The molecule has 0 amide bonds. The number of unbranched alkanes of at least 4 members (excludes halogenated alkanes) is 1. The molecule has 0 fully saturated rings. The third-order valence-corrected chi connectivity index (χ3v) is 6.50. The van der Waals surface area contributed by atoms with Gasteiger partial charge in [0.1, 0.15) is 23.0 Å². The number of ether oxygens (including phenoxy) is 3. The van der Waals surface area contributed by atoms with E-state index in [2.05, 4.69) is 6.92 Å². The number of carbonyl (C=O) groups is 2. The second kappa shape index (κ2) is 12.5. The molecule has 2 heterocycles. The molecular formula is C32H33NO7. The van der Waals surface area contributed by atoms with Gasteiger partial charge in [0.25, 0.3) is 0 Å². The van der Waals surface area contributed by atoms with E-state index in [0.717, 1.165) is 23.8 Å². The maximum atomic E-state index is 12.4.